The zero-order chi connectivity index (χ0) is 23.7. The van der Waals surface area contributed by atoms with E-state index in [1.807, 2.05) is 6.08 Å². The lowest BCUT2D eigenvalue weighted by Crippen LogP contribution is -2.41. The molecule has 2 fully saturated rings. The number of aliphatic hydroxyl groups excluding tert-OH is 2. The van der Waals surface area contributed by atoms with Gasteiger partial charge < -0.3 is 29.5 Å². The van der Waals surface area contributed by atoms with Gasteiger partial charge in [-0.1, -0.05) is 32.9 Å². The lowest BCUT2D eigenvalue weighted by molar-refractivity contribution is -0.151. The van der Waals surface area contributed by atoms with Crippen LogP contribution in [0, 0.1) is 11.8 Å². The molecule has 2 aliphatic heterocycles. The van der Waals surface area contributed by atoms with Gasteiger partial charge in [0.05, 0.1) is 49.1 Å². The van der Waals surface area contributed by atoms with Crippen molar-refractivity contribution in [3.63, 3.8) is 0 Å². The Bertz CT molecular complexity index is 579. The minimum Gasteiger partial charge on any atom is -0.481 e. The molecule has 0 aromatic rings. The maximum absolute atomic E-state index is 11.0. The van der Waals surface area contributed by atoms with Crippen molar-refractivity contribution < 1.29 is 34.3 Å². The van der Waals surface area contributed by atoms with Crippen LogP contribution in [0.1, 0.15) is 78.6 Å². The Morgan fingerprint density at radius 3 is 2.47 bits per heavy atom. The predicted molar refractivity (Wildman–Crippen MR) is 122 cm³/mol. The van der Waals surface area contributed by atoms with Crippen molar-refractivity contribution in [3.05, 3.63) is 12.2 Å². The van der Waals surface area contributed by atoms with Crippen molar-refractivity contribution >= 4 is 5.97 Å². The van der Waals surface area contributed by atoms with Gasteiger partial charge in [0.15, 0.2) is 0 Å². The minimum absolute atomic E-state index is 0.0279. The lowest BCUT2D eigenvalue weighted by Gasteiger charge is -2.38. The van der Waals surface area contributed by atoms with Crippen molar-refractivity contribution in [1.82, 2.24) is 0 Å². The summed E-state index contributed by atoms with van der Waals surface area (Å²) in [4.78, 5) is 11.0. The molecule has 2 rings (SSSR count). The monoisotopic (exact) mass is 456 g/mol. The Kier molecular flexibility index (Phi) is 11.6. The molecule has 0 unspecified atom stereocenters. The van der Waals surface area contributed by atoms with Crippen LogP contribution in [0.15, 0.2) is 12.2 Å². The first kappa shape index (κ1) is 27.3. The van der Waals surface area contributed by atoms with Gasteiger partial charge in [-0.15, -0.1) is 0 Å². The third-order valence-electron chi connectivity index (χ3n) is 6.63. The molecule has 0 aliphatic carbocycles. The molecule has 7 nitrogen and oxygen atoms in total. The molecule has 0 aromatic carbocycles. The number of aliphatic hydroxyl groups is 2. The highest BCUT2D eigenvalue weighted by Gasteiger charge is 2.35. The number of ether oxygens (including phenoxy) is 3. The van der Waals surface area contributed by atoms with Crippen LogP contribution in [-0.2, 0) is 19.0 Å². The standard InChI is InChI=1S/C25H44O7/c1-16(2)6-5-7-18(26)10-20-9-8-17(3)24(32-20)14-21(30-4)13-22-11-19(27)12-23(31-22)15-25(28)29/h5,7,16-24,26-27H,6,8-15H2,1-4H3,(H,28,29)/b7-5+/t17-,18-,19+,20-,21-,22-,23+,24+/m0/s1. The maximum Gasteiger partial charge on any atom is 0.305 e. The van der Waals surface area contributed by atoms with E-state index < -0.39 is 24.3 Å². The first-order chi connectivity index (χ1) is 15.2. The summed E-state index contributed by atoms with van der Waals surface area (Å²) in [6, 6.07) is 0. The molecular formula is C25H44O7. The van der Waals surface area contributed by atoms with Crippen LogP contribution in [0.4, 0.5) is 0 Å². The fourth-order valence-corrected chi connectivity index (χ4v) is 4.81. The Balaban J connectivity index is 1.86. The second-order valence-corrected chi connectivity index (χ2v) is 10.1. The van der Waals surface area contributed by atoms with Crippen LogP contribution in [-0.4, -0.2) is 71.1 Å². The molecule has 0 saturated carbocycles. The Morgan fingerprint density at radius 2 is 1.81 bits per heavy atom. The number of methoxy groups -OCH3 is 1. The van der Waals surface area contributed by atoms with Gasteiger partial charge in [0, 0.05) is 26.4 Å². The molecule has 0 radical (unpaired) electrons. The van der Waals surface area contributed by atoms with E-state index in [0.717, 1.165) is 19.3 Å². The number of aliphatic carboxylic acids is 1. The zero-order valence-electron chi connectivity index (χ0n) is 20.2. The SMILES string of the molecule is CO[C@@H](C[C@@H]1C[C@@H](O)C[C@H](CC(=O)O)O1)C[C@H]1O[C@H](C[C@@H](O)/C=C/CC(C)C)CC[C@@H]1C. The highest BCUT2D eigenvalue weighted by molar-refractivity contribution is 5.67. The van der Waals surface area contributed by atoms with Gasteiger partial charge in [-0.3, -0.25) is 4.79 Å². The summed E-state index contributed by atoms with van der Waals surface area (Å²) < 4.78 is 18.0. The summed E-state index contributed by atoms with van der Waals surface area (Å²) in [5, 5.41) is 29.6. The molecule has 3 N–H and O–H groups in total. The van der Waals surface area contributed by atoms with Crippen molar-refractivity contribution in [2.45, 2.75) is 121 Å². The summed E-state index contributed by atoms with van der Waals surface area (Å²) in [6.45, 7) is 6.51. The topological polar surface area (TPSA) is 105 Å². The van der Waals surface area contributed by atoms with E-state index in [2.05, 4.69) is 26.8 Å². The van der Waals surface area contributed by atoms with E-state index in [1.165, 1.54) is 0 Å². The lowest BCUT2D eigenvalue weighted by atomic mass is 9.87. The minimum atomic E-state index is -0.914. The van der Waals surface area contributed by atoms with Crippen LogP contribution in [0.25, 0.3) is 0 Å². The summed E-state index contributed by atoms with van der Waals surface area (Å²) in [5.41, 5.74) is 0. The Hall–Kier alpha value is -0.990. The molecule has 7 heteroatoms. The van der Waals surface area contributed by atoms with Crippen molar-refractivity contribution in [3.8, 4) is 0 Å². The number of hydrogen-bond donors (Lipinski definition) is 3. The molecule has 2 aliphatic rings. The van der Waals surface area contributed by atoms with Gasteiger partial charge in [0.1, 0.15) is 0 Å². The number of carboxylic acid groups (broad SMARTS) is 1. The van der Waals surface area contributed by atoms with Crippen molar-refractivity contribution in [2.75, 3.05) is 7.11 Å². The van der Waals surface area contributed by atoms with E-state index >= 15 is 0 Å². The van der Waals surface area contributed by atoms with E-state index in [4.69, 9.17) is 19.3 Å². The van der Waals surface area contributed by atoms with Gasteiger partial charge in [-0.05, 0) is 43.9 Å². The van der Waals surface area contributed by atoms with Gasteiger partial charge in [-0.25, -0.2) is 0 Å². The van der Waals surface area contributed by atoms with E-state index in [-0.39, 0.29) is 30.8 Å². The quantitative estimate of drug-likeness (QED) is 0.385. The molecule has 2 saturated heterocycles. The third-order valence-corrected chi connectivity index (χ3v) is 6.63. The molecule has 32 heavy (non-hydrogen) atoms. The number of carbonyl (C=O) groups is 1. The van der Waals surface area contributed by atoms with E-state index in [0.29, 0.717) is 43.9 Å². The van der Waals surface area contributed by atoms with Gasteiger partial charge in [-0.2, -0.15) is 0 Å². The highest BCUT2D eigenvalue weighted by Crippen LogP contribution is 2.32. The largest absolute Gasteiger partial charge is 0.481 e. The fraction of sp³-hybridized carbons (Fsp3) is 0.880. The second kappa shape index (κ2) is 13.7. The first-order valence-corrected chi connectivity index (χ1v) is 12.2. The molecule has 0 bridgehead atoms. The van der Waals surface area contributed by atoms with Gasteiger partial charge in [0.2, 0.25) is 0 Å². The number of allylic oxidation sites excluding steroid dienone is 1. The predicted octanol–water partition coefficient (Wildman–Crippen LogP) is 3.70. The molecule has 0 amide bonds. The molecule has 186 valence electrons. The fourth-order valence-electron chi connectivity index (χ4n) is 4.81. The highest BCUT2D eigenvalue weighted by atomic mass is 16.5. The molecule has 0 spiro atoms. The van der Waals surface area contributed by atoms with Crippen LogP contribution in [0.5, 0.6) is 0 Å². The van der Waals surface area contributed by atoms with E-state index in [9.17, 15) is 15.0 Å². The molecule has 2 heterocycles. The number of hydrogen-bond acceptors (Lipinski definition) is 6. The second-order valence-electron chi connectivity index (χ2n) is 10.1. The number of carboxylic acids is 1. The van der Waals surface area contributed by atoms with Gasteiger partial charge >= 0.3 is 5.97 Å². The van der Waals surface area contributed by atoms with Gasteiger partial charge in [0.25, 0.3) is 0 Å². The normalized spacial score (nSPS) is 33.5. The summed E-state index contributed by atoms with van der Waals surface area (Å²) in [6.07, 6.45) is 7.80. The maximum atomic E-state index is 11.0. The molecular weight excluding hydrogens is 412 g/mol. The number of rotatable bonds is 12. The molecule has 8 atom stereocenters. The average Bonchev–Trinajstić information content (AvgIpc) is 2.68. The summed E-state index contributed by atoms with van der Waals surface area (Å²) >= 11 is 0. The summed E-state index contributed by atoms with van der Waals surface area (Å²) in [7, 11) is 1.67. The smallest absolute Gasteiger partial charge is 0.305 e. The van der Waals surface area contributed by atoms with Crippen LogP contribution < -0.4 is 0 Å². The van der Waals surface area contributed by atoms with Crippen LogP contribution in [0.2, 0.25) is 0 Å². The Labute approximate surface area is 193 Å². The Morgan fingerprint density at radius 1 is 1.09 bits per heavy atom. The van der Waals surface area contributed by atoms with Crippen molar-refractivity contribution in [1.29, 1.82) is 0 Å². The zero-order valence-corrected chi connectivity index (χ0v) is 20.2. The van der Waals surface area contributed by atoms with Crippen LogP contribution in [0.3, 0.4) is 0 Å². The third kappa shape index (κ3) is 9.87. The summed E-state index contributed by atoms with van der Waals surface area (Å²) in [5.74, 6) is 0.0623. The van der Waals surface area contributed by atoms with Crippen molar-refractivity contribution in [2.24, 2.45) is 11.8 Å². The van der Waals surface area contributed by atoms with E-state index in [1.54, 1.807) is 7.11 Å². The average molecular weight is 457 g/mol. The first-order valence-electron chi connectivity index (χ1n) is 12.2. The van der Waals surface area contributed by atoms with Crippen LogP contribution >= 0.6 is 0 Å². The molecule has 0 aromatic heterocycles.